The smallest absolute Gasteiger partial charge is 0.253 e. The Morgan fingerprint density at radius 2 is 2.23 bits per heavy atom. The van der Waals surface area contributed by atoms with Crippen molar-refractivity contribution in [3.63, 3.8) is 0 Å². The van der Waals surface area contributed by atoms with Gasteiger partial charge < -0.3 is 15.0 Å². The number of rotatable bonds is 4. The van der Waals surface area contributed by atoms with E-state index in [0.29, 0.717) is 19.7 Å². The third kappa shape index (κ3) is 3.60. The average molecular weight is 355 g/mol. The summed E-state index contributed by atoms with van der Waals surface area (Å²) in [5, 5.41) is 6.90. The van der Waals surface area contributed by atoms with Gasteiger partial charge in [0.1, 0.15) is 25.3 Å². The summed E-state index contributed by atoms with van der Waals surface area (Å²) in [5.41, 5.74) is 3.02. The maximum absolute atomic E-state index is 12.5. The van der Waals surface area contributed by atoms with Gasteiger partial charge in [-0.1, -0.05) is 6.07 Å². The second-order valence-electron chi connectivity index (χ2n) is 6.63. The molecule has 0 aliphatic carbocycles. The largest absolute Gasteiger partial charge is 0.368 e. The lowest BCUT2D eigenvalue weighted by Crippen LogP contribution is -2.38. The highest BCUT2D eigenvalue weighted by atomic mass is 16.5. The number of nitrogens with one attached hydrogen (secondary N) is 1. The number of carbonyl (C=O) groups excluding carboxylic acids is 2. The molecule has 1 aromatic heterocycles. The van der Waals surface area contributed by atoms with E-state index in [2.05, 4.69) is 15.4 Å². The number of anilines is 1. The topological polar surface area (TPSA) is 89.4 Å². The fourth-order valence-electron chi connectivity index (χ4n) is 3.41. The third-order valence-corrected chi connectivity index (χ3v) is 4.82. The minimum Gasteiger partial charge on any atom is -0.368 e. The molecule has 0 saturated carbocycles. The summed E-state index contributed by atoms with van der Waals surface area (Å²) in [6, 6.07) is 5.90. The molecule has 2 aliphatic rings. The summed E-state index contributed by atoms with van der Waals surface area (Å²) in [6.45, 7) is 2.05. The summed E-state index contributed by atoms with van der Waals surface area (Å²) in [5.74, 6) is -0.0904. The molecule has 1 atom stereocenters. The number of amides is 2. The Balaban J connectivity index is 1.42. The lowest BCUT2D eigenvalue weighted by Gasteiger charge is -2.29. The first-order chi connectivity index (χ1) is 12.7. The Hall–Kier alpha value is -2.74. The molecule has 8 nitrogen and oxygen atoms in total. The van der Waals surface area contributed by atoms with Crippen molar-refractivity contribution in [2.45, 2.75) is 38.5 Å². The van der Waals surface area contributed by atoms with Gasteiger partial charge in [-0.25, -0.2) is 9.67 Å². The van der Waals surface area contributed by atoms with E-state index >= 15 is 0 Å². The highest BCUT2D eigenvalue weighted by molar-refractivity contribution is 5.94. The van der Waals surface area contributed by atoms with Crippen molar-refractivity contribution in [3.05, 3.63) is 42.0 Å². The van der Waals surface area contributed by atoms with Gasteiger partial charge in [0.05, 0.1) is 0 Å². The summed E-state index contributed by atoms with van der Waals surface area (Å²) < 4.78 is 6.94. The number of fused-ring (bicyclic) bond motifs is 1. The van der Waals surface area contributed by atoms with Crippen LogP contribution in [0.3, 0.4) is 0 Å². The highest BCUT2D eigenvalue weighted by Crippen LogP contribution is 2.24. The van der Waals surface area contributed by atoms with Crippen LogP contribution in [0.2, 0.25) is 0 Å². The molecule has 1 N–H and O–H groups in total. The van der Waals surface area contributed by atoms with Gasteiger partial charge in [0.2, 0.25) is 5.91 Å². The Morgan fingerprint density at radius 1 is 1.31 bits per heavy atom. The van der Waals surface area contributed by atoms with Gasteiger partial charge in [-0.15, -0.1) is 0 Å². The van der Waals surface area contributed by atoms with Gasteiger partial charge in [-0.2, -0.15) is 5.10 Å². The molecular weight excluding hydrogens is 334 g/mol. The number of carbonyl (C=O) groups is 2. The van der Waals surface area contributed by atoms with E-state index in [0.717, 1.165) is 30.5 Å². The minimum atomic E-state index is -0.355. The van der Waals surface area contributed by atoms with Gasteiger partial charge in [-0.05, 0) is 42.5 Å². The molecule has 0 bridgehead atoms. The molecule has 8 heteroatoms. The van der Waals surface area contributed by atoms with Crippen molar-refractivity contribution in [3.8, 4) is 0 Å². The number of hydrogen-bond acceptors (Lipinski definition) is 5. The second kappa shape index (κ2) is 7.25. The number of hydrogen-bond donors (Lipinski definition) is 1. The zero-order chi connectivity index (χ0) is 17.9. The van der Waals surface area contributed by atoms with Gasteiger partial charge in [0, 0.05) is 25.4 Å². The fourth-order valence-corrected chi connectivity index (χ4v) is 3.41. The van der Waals surface area contributed by atoms with Gasteiger partial charge in [-0.3, -0.25) is 9.59 Å². The van der Waals surface area contributed by atoms with Gasteiger partial charge >= 0.3 is 0 Å². The van der Waals surface area contributed by atoms with E-state index in [4.69, 9.17) is 4.74 Å². The maximum atomic E-state index is 12.5. The van der Waals surface area contributed by atoms with Crippen LogP contribution in [-0.4, -0.2) is 50.7 Å². The third-order valence-electron chi connectivity index (χ3n) is 4.82. The first-order valence-corrected chi connectivity index (χ1v) is 8.83. The maximum Gasteiger partial charge on any atom is 0.253 e. The van der Waals surface area contributed by atoms with Crippen molar-refractivity contribution in [1.82, 2.24) is 19.7 Å². The molecule has 1 aromatic carbocycles. The molecule has 2 aliphatic heterocycles. The van der Waals surface area contributed by atoms with Crippen LogP contribution in [0, 0.1) is 0 Å². The molecular formula is C18H21N5O3. The van der Waals surface area contributed by atoms with Gasteiger partial charge in [0.15, 0.2) is 0 Å². The van der Waals surface area contributed by atoms with Gasteiger partial charge in [0.25, 0.3) is 5.91 Å². The van der Waals surface area contributed by atoms with Crippen molar-refractivity contribution in [2.24, 2.45) is 0 Å². The normalized spacial score (nSPS) is 19.2. The zero-order valence-corrected chi connectivity index (χ0v) is 14.4. The number of nitrogens with zero attached hydrogens (tertiary/aromatic N) is 4. The lowest BCUT2D eigenvalue weighted by molar-refractivity contribution is -0.133. The SMILES string of the molecule is O=C(Nc1ccc2c(c1)CN(C(=O)Cn1cncn1)CC2)[C@H]1CCCO1. The fraction of sp³-hybridized carbons (Fsp3) is 0.444. The van der Waals surface area contributed by atoms with Crippen LogP contribution in [-0.2, 0) is 33.8 Å². The Kier molecular flexibility index (Phi) is 4.66. The number of aromatic nitrogens is 3. The van der Waals surface area contributed by atoms with Crippen LogP contribution in [0.1, 0.15) is 24.0 Å². The molecule has 2 aromatic rings. The number of ether oxygens (including phenoxy) is 1. The van der Waals surface area contributed by atoms with Crippen LogP contribution in [0.5, 0.6) is 0 Å². The van der Waals surface area contributed by atoms with E-state index in [9.17, 15) is 9.59 Å². The molecule has 1 saturated heterocycles. The van der Waals surface area contributed by atoms with E-state index in [1.165, 1.54) is 22.9 Å². The highest BCUT2D eigenvalue weighted by Gasteiger charge is 2.25. The molecule has 3 heterocycles. The zero-order valence-electron chi connectivity index (χ0n) is 14.4. The monoisotopic (exact) mass is 355 g/mol. The minimum absolute atomic E-state index is 0.00921. The van der Waals surface area contributed by atoms with E-state index < -0.39 is 0 Å². The Labute approximate surface area is 151 Å². The molecule has 0 unspecified atom stereocenters. The molecule has 2 amide bonds. The predicted octanol–water partition coefficient (Wildman–Crippen LogP) is 0.980. The van der Waals surface area contributed by atoms with E-state index in [1.54, 1.807) is 0 Å². The molecule has 26 heavy (non-hydrogen) atoms. The van der Waals surface area contributed by atoms with E-state index in [-0.39, 0.29) is 24.5 Å². The second-order valence-corrected chi connectivity index (χ2v) is 6.63. The van der Waals surface area contributed by atoms with Crippen LogP contribution in [0.25, 0.3) is 0 Å². The molecule has 136 valence electrons. The molecule has 1 fully saturated rings. The summed E-state index contributed by atoms with van der Waals surface area (Å²) in [6.07, 6.45) is 5.09. The Bertz CT molecular complexity index is 799. The van der Waals surface area contributed by atoms with Crippen LogP contribution >= 0.6 is 0 Å². The summed E-state index contributed by atoms with van der Waals surface area (Å²) in [4.78, 5) is 30.4. The van der Waals surface area contributed by atoms with Crippen molar-refractivity contribution in [2.75, 3.05) is 18.5 Å². The predicted molar refractivity (Wildman–Crippen MR) is 93.2 cm³/mol. The van der Waals surface area contributed by atoms with Crippen LogP contribution in [0.15, 0.2) is 30.9 Å². The summed E-state index contributed by atoms with van der Waals surface area (Å²) >= 11 is 0. The lowest BCUT2D eigenvalue weighted by atomic mass is 9.99. The first kappa shape index (κ1) is 16.7. The molecule has 4 rings (SSSR count). The van der Waals surface area contributed by atoms with Crippen molar-refractivity contribution >= 4 is 17.5 Å². The first-order valence-electron chi connectivity index (χ1n) is 8.83. The van der Waals surface area contributed by atoms with E-state index in [1.807, 2.05) is 23.1 Å². The molecule has 0 spiro atoms. The van der Waals surface area contributed by atoms with Crippen LogP contribution in [0.4, 0.5) is 5.69 Å². The average Bonchev–Trinajstić information content (AvgIpc) is 3.35. The van der Waals surface area contributed by atoms with Crippen LogP contribution < -0.4 is 5.32 Å². The Morgan fingerprint density at radius 3 is 3.00 bits per heavy atom. The summed E-state index contributed by atoms with van der Waals surface area (Å²) in [7, 11) is 0. The molecule has 0 radical (unpaired) electrons. The quantitative estimate of drug-likeness (QED) is 0.883. The number of benzene rings is 1. The van der Waals surface area contributed by atoms with Crippen molar-refractivity contribution in [1.29, 1.82) is 0 Å². The standard InChI is InChI=1S/C18H21N5O3/c24-17(10-23-12-19-11-20-23)22-6-5-13-3-4-15(8-14(13)9-22)21-18(25)16-2-1-7-26-16/h3-4,8,11-12,16H,1-2,5-7,9-10H2,(H,21,25)/t16-/m1/s1. The van der Waals surface area contributed by atoms with Crippen molar-refractivity contribution < 1.29 is 14.3 Å².